The number of nitrogens with one attached hydrogen (secondary N) is 1. The lowest BCUT2D eigenvalue weighted by Crippen LogP contribution is -2.45. The molecule has 0 aliphatic carbocycles. The lowest BCUT2D eigenvalue weighted by Gasteiger charge is -2.32. The number of piperidine rings is 1. The van der Waals surface area contributed by atoms with Crippen molar-refractivity contribution in [2.75, 3.05) is 20.1 Å². The van der Waals surface area contributed by atoms with Crippen LogP contribution in [-0.2, 0) is 6.54 Å². The Balaban J connectivity index is 1.86. The molecule has 0 atom stereocenters. The van der Waals surface area contributed by atoms with E-state index in [9.17, 15) is 0 Å². The number of likely N-dealkylation sites (tertiary alicyclic amines) is 1. The zero-order valence-corrected chi connectivity index (χ0v) is 11.3. The monoisotopic (exact) mass is 251 g/mol. The highest BCUT2D eigenvalue weighted by Gasteiger charge is 2.18. The van der Waals surface area contributed by atoms with Gasteiger partial charge >= 0.3 is 0 Å². The zero-order chi connectivity index (χ0) is 13.0. The summed E-state index contributed by atoms with van der Waals surface area (Å²) in [6.45, 7) is 6.77. The maximum atomic E-state index is 4.94. The molecule has 6 heteroatoms. The molecule has 1 fully saturated rings. The maximum absolute atomic E-state index is 4.94. The summed E-state index contributed by atoms with van der Waals surface area (Å²) in [5.41, 5.74) is 0. The van der Waals surface area contributed by atoms with Crippen LogP contribution in [0.2, 0.25) is 0 Å². The lowest BCUT2D eigenvalue weighted by molar-refractivity contribution is 0.273. The molecule has 1 aromatic rings. The van der Waals surface area contributed by atoms with Crippen LogP contribution in [-0.4, -0.2) is 41.1 Å². The fourth-order valence-electron chi connectivity index (χ4n) is 2.12. The van der Waals surface area contributed by atoms with Crippen molar-refractivity contribution in [1.29, 1.82) is 0 Å². The van der Waals surface area contributed by atoms with E-state index in [2.05, 4.69) is 32.3 Å². The molecule has 1 aliphatic heterocycles. The zero-order valence-electron chi connectivity index (χ0n) is 11.3. The molecule has 0 amide bonds. The molecule has 6 nitrogen and oxygen atoms in total. The number of rotatable bonds is 2. The number of aliphatic imine (C=N–C) groups is 1. The maximum Gasteiger partial charge on any atom is 0.223 e. The van der Waals surface area contributed by atoms with Crippen molar-refractivity contribution in [1.82, 2.24) is 20.4 Å². The van der Waals surface area contributed by atoms with Gasteiger partial charge in [0.2, 0.25) is 5.89 Å². The topological polar surface area (TPSA) is 66.5 Å². The number of aryl methyl sites for hydroxylation is 1. The van der Waals surface area contributed by atoms with Crippen LogP contribution in [0.4, 0.5) is 0 Å². The summed E-state index contributed by atoms with van der Waals surface area (Å²) < 4.78 is 4.94. The van der Waals surface area contributed by atoms with Crippen molar-refractivity contribution in [3.05, 3.63) is 11.7 Å². The lowest BCUT2D eigenvalue weighted by atomic mass is 10.00. The minimum atomic E-state index is 0.552. The predicted molar refractivity (Wildman–Crippen MR) is 69.2 cm³/mol. The first kappa shape index (κ1) is 12.9. The molecule has 0 unspecified atom stereocenters. The summed E-state index contributed by atoms with van der Waals surface area (Å²) in [4.78, 5) is 10.7. The highest BCUT2D eigenvalue weighted by atomic mass is 16.5. The van der Waals surface area contributed by atoms with Crippen molar-refractivity contribution in [2.24, 2.45) is 10.9 Å². The van der Waals surface area contributed by atoms with Gasteiger partial charge in [0, 0.05) is 27.1 Å². The first-order chi connectivity index (χ1) is 8.69. The number of guanidine groups is 1. The van der Waals surface area contributed by atoms with Crippen LogP contribution in [0.3, 0.4) is 0 Å². The van der Waals surface area contributed by atoms with Gasteiger partial charge in [-0.3, -0.25) is 4.99 Å². The molecule has 1 aliphatic rings. The van der Waals surface area contributed by atoms with Gasteiger partial charge in [0.25, 0.3) is 0 Å². The SMILES string of the molecule is CN=C(NCc1noc(C)n1)N1CCC(C)CC1. The highest BCUT2D eigenvalue weighted by molar-refractivity contribution is 5.79. The molecule has 0 radical (unpaired) electrons. The van der Waals surface area contributed by atoms with E-state index < -0.39 is 0 Å². The van der Waals surface area contributed by atoms with Crippen molar-refractivity contribution in [2.45, 2.75) is 33.2 Å². The summed E-state index contributed by atoms with van der Waals surface area (Å²) in [6.07, 6.45) is 2.45. The first-order valence-corrected chi connectivity index (χ1v) is 6.44. The average Bonchev–Trinajstić information content (AvgIpc) is 2.78. The van der Waals surface area contributed by atoms with Crippen LogP contribution in [0, 0.1) is 12.8 Å². The molecule has 0 spiro atoms. The van der Waals surface area contributed by atoms with Gasteiger partial charge < -0.3 is 14.7 Å². The number of nitrogens with zero attached hydrogens (tertiary/aromatic N) is 4. The molecule has 0 bridgehead atoms. The van der Waals surface area contributed by atoms with E-state index in [1.165, 1.54) is 12.8 Å². The van der Waals surface area contributed by atoms with Gasteiger partial charge in [-0.05, 0) is 18.8 Å². The average molecular weight is 251 g/mol. The summed E-state index contributed by atoms with van der Waals surface area (Å²) in [5, 5.41) is 7.13. The smallest absolute Gasteiger partial charge is 0.223 e. The Kier molecular flexibility index (Phi) is 4.17. The van der Waals surface area contributed by atoms with Crippen molar-refractivity contribution in [3.8, 4) is 0 Å². The van der Waals surface area contributed by atoms with Crippen LogP contribution in [0.1, 0.15) is 31.5 Å². The van der Waals surface area contributed by atoms with E-state index in [4.69, 9.17) is 4.52 Å². The van der Waals surface area contributed by atoms with Crippen molar-refractivity contribution >= 4 is 5.96 Å². The molecular formula is C12H21N5O. The van der Waals surface area contributed by atoms with E-state index in [0.29, 0.717) is 18.3 Å². The van der Waals surface area contributed by atoms with E-state index >= 15 is 0 Å². The third-order valence-corrected chi connectivity index (χ3v) is 3.27. The third-order valence-electron chi connectivity index (χ3n) is 3.27. The standard InChI is InChI=1S/C12H21N5O/c1-9-4-6-17(7-5-9)12(13-3)14-8-11-15-10(2)18-16-11/h9H,4-8H2,1-3H3,(H,13,14). The Morgan fingerprint density at radius 1 is 1.50 bits per heavy atom. The van der Waals surface area contributed by atoms with E-state index in [-0.39, 0.29) is 0 Å². The van der Waals surface area contributed by atoms with E-state index in [1.54, 1.807) is 6.92 Å². The van der Waals surface area contributed by atoms with Gasteiger partial charge in [-0.15, -0.1) is 0 Å². The Hall–Kier alpha value is -1.59. The molecule has 0 saturated carbocycles. The van der Waals surface area contributed by atoms with Gasteiger partial charge in [0.05, 0.1) is 6.54 Å². The minimum absolute atomic E-state index is 0.552. The fraction of sp³-hybridized carbons (Fsp3) is 0.750. The molecular weight excluding hydrogens is 230 g/mol. The molecule has 100 valence electrons. The second kappa shape index (κ2) is 5.84. The van der Waals surface area contributed by atoms with E-state index in [1.807, 2.05) is 7.05 Å². The molecule has 18 heavy (non-hydrogen) atoms. The highest BCUT2D eigenvalue weighted by Crippen LogP contribution is 2.15. The number of hydrogen-bond donors (Lipinski definition) is 1. The second-order valence-electron chi connectivity index (χ2n) is 4.80. The van der Waals surface area contributed by atoms with Crippen molar-refractivity contribution < 1.29 is 4.52 Å². The van der Waals surface area contributed by atoms with Gasteiger partial charge in [0.1, 0.15) is 0 Å². The van der Waals surface area contributed by atoms with Gasteiger partial charge in [-0.1, -0.05) is 12.1 Å². The number of aromatic nitrogens is 2. The summed E-state index contributed by atoms with van der Waals surface area (Å²) in [6, 6.07) is 0. The molecule has 1 aromatic heterocycles. The molecule has 1 N–H and O–H groups in total. The van der Waals surface area contributed by atoms with Crippen LogP contribution >= 0.6 is 0 Å². The predicted octanol–water partition coefficient (Wildman–Crippen LogP) is 1.19. The van der Waals surface area contributed by atoms with Crippen molar-refractivity contribution in [3.63, 3.8) is 0 Å². The largest absolute Gasteiger partial charge is 0.349 e. The Morgan fingerprint density at radius 2 is 2.22 bits per heavy atom. The Morgan fingerprint density at radius 3 is 2.78 bits per heavy atom. The van der Waals surface area contributed by atoms with Crippen LogP contribution in [0.5, 0.6) is 0 Å². The summed E-state index contributed by atoms with van der Waals surface area (Å²) in [7, 11) is 1.81. The Bertz CT molecular complexity index is 406. The molecule has 2 heterocycles. The first-order valence-electron chi connectivity index (χ1n) is 6.44. The summed E-state index contributed by atoms with van der Waals surface area (Å²) >= 11 is 0. The van der Waals surface area contributed by atoms with Crippen LogP contribution < -0.4 is 5.32 Å². The van der Waals surface area contributed by atoms with Crippen LogP contribution in [0.15, 0.2) is 9.52 Å². The van der Waals surface area contributed by atoms with Crippen LogP contribution in [0.25, 0.3) is 0 Å². The fourth-order valence-corrected chi connectivity index (χ4v) is 2.12. The van der Waals surface area contributed by atoms with Gasteiger partial charge in [0.15, 0.2) is 11.8 Å². The van der Waals surface area contributed by atoms with E-state index in [0.717, 1.165) is 25.0 Å². The molecule has 2 rings (SSSR count). The van der Waals surface area contributed by atoms with Gasteiger partial charge in [-0.2, -0.15) is 4.98 Å². The quantitative estimate of drug-likeness (QED) is 0.631. The summed E-state index contributed by atoms with van der Waals surface area (Å²) in [5.74, 6) is 3.00. The number of hydrogen-bond acceptors (Lipinski definition) is 4. The minimum Gasteiger partial charge on any atom is -0.349 e. The third kappa shape index (κ3) is 3.21. The Labute approximate surface area is 107 Å². The molecule has 0 aromatic carbocycles. The normalized spacial score (nSPS) is 18.2. The molecule has 1 saturated heterocycles. The second-order valence-corrected chi connectivity index (χ2v) is 4.80. The van der Waals surface area contributed by atoms with Gasteiger partial charge in [-0.25, -0.2) is 0 Å².